The Balaban J connectivity index is 0.000000124. The van der Waals surface area contributed by atoms with Crippen molar-refractivity contribution in [3.05, 3.63) is 238 Å². The summed E-state index contributed by atoms with van der Waals surface area (Å²) in [6.07, 6.45) is 30.8. The summed E-state index contributed by atoms with van der Waals surface area (Å²) in [6.45, 7) is 3.11. The molecule has 0 aliphatic carbocycles. The van der Waals surface area contributed by atoms with Crippen LogP contribution in [0, 0.1) is 37.0 Å². The van der Waals surface area contributed by atoms with Crippen LogP contribution in [0.25, 0.3) is 28.5 Å². The fourth-order valence-electron chi connectivity index (χ4n) is 9.18. The van der Waals surface area contributed by atoms with Crippen LogP contribution in [0.1, 0.15) is 95.4 Å². The molecule has 3 aromatic carbocycles. The van der Waals surface area contributed by atoms with Crippen LogP contribution in [0.4, 0.5) is 0 Å². The van der Waals surface area contributed by atoms with Crippen molar-refractivity contribution < 1.29 is 18.7 Å². The lowest BCUT2D eigenvalue weighted by atomic mass is 10.0. The topological polar surface area (TPSA) is 199 Å². The zero-order chi connectivity index (χ0) is 53.5. The number of nitrogens with zero attached hydrogens (tertiary/aromatic N) is 13. The number of aliphatic imine (C=N–C) groups is 3. The molecule has 374 valence electrons. The summed E-state index contributed by atoms with van der Waals surface area (Å²) in [5.41, 5.74) is 15.9. The van der Waals surface area contributed by atoms with Crippen molar-refractivity contribution in [3.8, 4) is 65.5 Å². The van der Waals surface area contributed by atoms with E-state index in [-0.39, 0.29) is 18.8 Å². The third kappa shape index (κ3) is 9.36. The molecule has 0 amide bonds. The molecule has 0 fully saturated rings. The SMILES string of the molecule is C#Cc1ccc2c(c1)C(c1ccccn1)=NCc1c(-c3cnco3)ncn1-2.C#Cc1ccc2c(c1)C(c1ccccn1)=NCc1c(C(=O)OCC)ncn1-2.C#Cc1ccc2c(c1)C(c1ccccn1)=NCc1c(C=O)ncn1-2. The van der Waals surface area contributed by atoms with Crippen LogP contribution in [0.15, 0.2) is 179 Å². The number of pyridine rings is 3. The van der Waals surface area contributed by atoms with E-state index < -0.39 is 5.97 Å². The lowest BCUT2D eigenvalue weighted by Crippen LogP contribution is -2.09. The van der Waals surface area contributed by atoms with Gasteiger partial charge in [0, 0.05) is 52.0 Å². The summed E-state index contributed by atoms with van der Waals surface area (Å²) in [5.74, 6) is 8.17. The third-order valence-corrected chi connectivity index (χ3v) is 12.8. The average Bonchev–Trinajstić information content (AvgIpc) is 4.33. The first-order chi connectivity index (χ1) is 38.4. The van der Waals surface area contributed by atoms with Gasteiger partial charge in [-0.25, -0.2) is 24.7 Å². The Kier molecular flexibility index (Phi) is 13.6. The normalized spacial score (nSPS) is 12.4. The highest BCUT2D eigenvalue weighted by atomic mass is 16.5. The minimum Gasteiger partial charge on any atom is -0.461 e. The number of fused-ring (bicyclic) bond motifs is 9. The van der Waals surface area contributed by atoms with Crippen LogP contribution in [-0.2, 0) is 24.4 Å². The molecule has 10 aromatic rings. The molecule has 13 rings (SSSR count). The first-order valence-electron chi connectivity index (χ1n) is 24.3. The molecular formula is C61H41N13O4. The van der Waals surface area contributed by atoms with Crippen molar-refractivity contribution in [2.45, 2.75) is 26.6 Å². The Labute approximate surface area is 446 Å². The van der Waals surface area contributed by atoms with E-state index in [4.69, 9.17) is 43.4 Å². The van der Waals surface area contributed by atoms with Gasteiger partial charge in [0.1, 0.15) is 30.4 Å². The first-order valence-corrected chi connectivity index (χ1v) is 24.3. The smallest absolute Gasteiger partial charge is 0.358 e. The van der Waals surface area contributed by atoms with Gasteiger partial charge in [-0.2, -0.15) is 0 Å². The highest BCUT2D eigenvalue weighted by Crippen LogP contribution is 2.32. The minimum absolute atomic E-state index is 0.273. The van der Waals surface area contributed by atoms with Crippen molar-refractivity contribution in [2.75, 3.05) is 6.61 Å². The fraction of sp³-hybridized carbons (Fsp3) is 0.0820. The van der Waals surface area contributed by atoms with Gasteiger partial charge in [-0.3, -0.25) is 48.4 Å². The summed E-state index contributed by atoms with van der Waals surface area (Å²) >= 11 is 0. The number of aldehydes is 1. The molecule has 0 atom stereocenters. The fourth-order valence-corrected chi connectivity index (χ4v) is 9.18. The molecule has 17 nitrogen and oxygen atoms in total. The second-order valence-corrected chi connectivity index (χ2v) is 17.2. The molecule has 3 aliphatic heterocycles. The monoisotopic (exact) mass is 1020 g/mol. The number of esters is 1. The number of aromatic nitrogens is 10. The molecule has 0 bridgehead atoms. The van der Waals surface area contributed by atoms with Crippen molar-refractivity contribution in [2.24, 2.45) is 15.0 Å². The van der Waals surface area contributed by atoms with E-state index in [1.165, 1.54) is 6.39 Å². The maximum absolute atomic E-state index is 12.3. The van der Waals surface area contributed by atoms with E-state index in [9.17, 15) is 9.59 Å². The molecule has 0 N–H and O–H groups in total. The average molecular weight is 1020 g/mol. The zero-order valence-electron chi connectivity index (χ0n) is 41.6. The summed E-state index contributed by atoms with van der Waals surface area (Å²) in [5, 5.41) is 0. The van der Waals surface area contributed by atoms with Gasteiger partial charge in [-0.15, -0.1) is 19.3 Å². The molecule has 10 heterocycles. The Bertz CT molecular complexity index is 4150. The predicted molar refractivity (Wildman–Crippen MR) is 292 cm³/mol. The van der Waals surface area contributed by atoms with Gasteiger partial charge in [0.15, 0.2) is 24.1 Å². The van der Waals surface area contributed by atoms with Crippen molar-refractivity contribution >= 4 is 29.4 Å². The van der Waals surface area contributed by atoms with Gasteiger partial charge in [0.25, 0.3) is 0 Å². The molecule has 0 unspecified atom stereocenters. The van der Waals surface area contributed by atoms with Gasteiger partial charge in [-0.1, -0.05) is 36.0 Å². The van der Waals surface area contributed by atoms with Crippen LogP contribution < -0.4 is 0 Å². The molecule has 7 aromatic heterocycles. The standard InChI is InChI=1S/C21H13N5O.C21H16N4O2.C19H12N4O/c1-2-14-6-7-17-15(9-14)20(16-5-3-4-8-23-16)24-10-18-21(25-12-26(17)18)19-11-22-13-27-19;1-3-14-8-9-17-15(11-14)19(16-7-5-6-10-22-16)23-12-18-20(21(26)27-4-2)24-13-25(17)18;1-2-13-6-7-17-14(9-13)19(15-5-3-4-8-20-15)21-10-18-16(11-24)22-12-23(17)18/h1,3-9,11-13H,10H2;1,5-11,13H,4,12H2,2H3;1,3-9,11-12H,10H2. The third-order valence-electron chi connectivity index (χ3n) is 12.8. The maximum atomic E-state index is 12.3. The Morgan fingerprint density at radius 1 is 0.590 bits per heavy atom. The van der Waals surface area contributed by atoms with E-state index in [0.717, 1.165) is 108 Å². The lowest BCUT2D eigenvalue weighted by Gasteiger charge is -2.12. The Morgan fingerprint density at radius 3 is 1.50 bits per heavy atom. The minimum atomic E-state index is -0.454. The second-order valence-electron chi connectivity index (χ2n) is 17.2. The first kappa shape index (κ1) is 49.0. The number of hydrogen-bond acceptors (Lipinski definition) is 14. The lowest BCUT2D eigenvalue weighted by molar-refractivity contribution is 0.0518. The number of benzene rings is 3. The number of carbonyl (C=O) groups is 2. The summed E-state index contributed by atoms with van der Waals surface area (Å²) in [7, 11) is 0. The number of hydrogen-bond donors (Lipinski definition) is 0. The Hall–Kier alpha value is -11.2. The van der Waals surface area contributed by atoms with Crippen LogP contribution in [0.3, 0.4) is 0 Å². The van der Waals surface area contributed by atoms with Crippen LogP contribution in [0.5, 0.6) is 0 Å². The quantitative estimate of drug-likeness (QED) is 0.0843. The predicted octanol–water partition coefficient (Wildman–Crippen LogP) is 8.44. The summed E-state index contributed by atoms with van der Waals surface area (Å²) in [4.78, 5) is 68.1. The molecule has 0 saturated carbocycles. The highest BCUT2D eigenvalue weighted by molar-refractivity contribution is 6.16. The molecule has 0 spiro atoms. The number of terminal acetylenes is 3. The Morgan fingerprint density at radius 2 is 1.05 bits per heavy atom. The molecule has 17 heteroatoms. The number of rotatable bonds is 7. The summed E-state index contributed by atoms with van der Waals surface area (Å²) in [6, 6.07) is 34.4. The summed E-state index contributed by atoms with van der Waals surface area (Å²) < 4.78 is 16.3. The van der Waals surface area contributed by atoms with Crippen molar-refractivity contribution in [1.29, 1.82) is 0 Å². The number of oxazole rings is 1. The van der Waals surface area contributed by atoms with E-state index in [2.05, 4.69) is 52.6 Å². The van der Waals surface area contributed by atoms with Gasteiger partial charge in [0.05, 0.1) is 101 Å². The highest BCUT2D eigenvalue weighted by Gasteiger charge is 2.28. The van der Waals surface area contributed by atoms with E-state index >= 15 is 0 Å². The van der Waals surface area contributed by atoms with Crippen LogP contribution >= 0.6 is 0 Å². The van der Waals surface area contributed by atoms with Crippen molar-refractivity contribution in [1.82, 2.24) is 48.6 Å². The van der Waals surface area contributed by atoms with E-state index in [1.807, 2.05) is 123 Å². The van der Waals surface area contributed by atoms with E-state index in [1.54, 1.807) is 50.7 Å². The largest absolute Gasteiger partial charge is 0.461 e. The van der Waals surface area contributed by atoms with Crippen molar-refractivity contribution in [3.63, 3.8) is 0 Å². The molecule has 0 saturated heterocycles. The maximum Gasteiger partial charge on any atom is 0.358 e. The zero-order valence-corrected chi connectivity index (χ0v) is 41.6. The molecule has 78 heavy (non-hydrogen) atoms. The number of imidazole rings is 3. The molecule has 3 aliphatic rings. The van der Waals surface area contributed by atoms with Gasteiger partial charge in [0.2, 0.25) is 0 Å². The van der Waals surface area contributed by atoms with Gasteiger partial charge in [-0.05, 0) is 97.9 Å². The molecular weight excluding hydrogens is 979 g/mol. The van der Waals surface area contributed by atoms with Gasteiger partial charge >= 0.3 is 5.97 Å². The number of carbonyl (C=O) groups excluding carboxylic acids is 2. The molecule has 0 radical (unpaired) electrons. The van der Waals surface area contributed by atoms with Crippen LogP contribution in [-0.4, -0.2) is 84.6 Å². The van der Waals surface area contributed by atoms with Gasteiger partial charge < -0.3 is 9.15 Å². The number of ether oxygens (including phenoxy) is 1. The van der Waals surface area contributed by atoms with E-state index in [0.29, 0.717) is 30.2 Å². The van der Waals surface area contributed by atoms with Crippen LogP contribution in [0.2, 0.25) is 0 Å². The second kappa shape index (κ2) is 21.7.